The van der Waals surface area contributed by atoms with Gasteiger partial charge in [-0.3, -0.25) is 4.79 Å². The number of benzene rings is 1. The number of hydrogen-bond donors (Lipinski definition) is 1. The molecule has 0 unspecified atom stereocenters. The highest BCUT2D eigenvalue weighted by Crippen LogP contribution is 2.02. The van der Waals surface area contributed by atoms with Gasteiger partial charge in [0.15, 0.2) is 0 Å². The number of nitrogens with one attached hydrogen (secondary N) is 1. The molecular formula is C12H16N2O. The molecule has 0 aliphatic rings. The van der Waals surface area contributed by atoms with Crippen LogP contribution >= 0.6 is 0 Å². The lowest BCUT2D eigenvalue weighted by Gasteiger charge is -2.01. The van der Waals surface area contributed by atoms with Crippen LogP contribution in [0, 0.1) is 0 Å². The van der Waals surface area contributed by atoms with Crippen LogP contribution in [0.2, 0.25) is 0 Å². The zero-order valence-electron chi connectivity index (χ0n) is 9.16. The molecule has 1 aromatic rings. The van der Waals surface area contributed by atoms with E-state index >= 15 is 0 Å². The van der Waals surface area contributed by atoms with Crippen LogP contribution < -0.4 is 5.43 Å². The molecule has 0 heterocycles. The quantitative estimate of drug-likeness (QED) is 0.592. The standard InChI is InChI=1S/C12H16N2O/c1-10(13-14-11(2)15)8-9-12-6-4-3-5-7-12/h3-7H,8-9H2,1-2H3,(H,14,15)/b13-10-. The molecule has 3 heteroatoms. The van der Waals surface area contributed by atoms with Crippen LogP contribution in [-0.2, 0) is 11.2 Å². The molecule has 15 heavy (non-hydrogen) atoms. The molecule has 1 amide bonds. The van der Waals surface area contributed by atoms with Gasteiger partial charge in [-0.15, -0.1) is 0 Å². The largest absolute Gasteiger partial charge is 0.274 e. The Morgan fingerprint density at radius 1 is 1.27 bits per heavy atom. The number of carbonyl (C=O) groups excluding carboxylic acids is 1. The van der Waals surface area contributed by atoms with E-state index in [0.29, 0.717) is 0 Å². The van der Waals surface area contributed by atoms with E-state index in [1.807, 2.05) is 25.1 Å². The molecule has 0 aliphatic heterocycles. The molecule has 0 aromatic heterocycles. The van der Waals surface area contributed by atoms with E-state index in [-0.39, 0.29) is 5.91 Å². The van der Waals surface area contributed by atoms with Gasteiger partial charge in [0.1, 0.15) is 0 Å². The number of nitrogens with zero attached hydrogens (tertiary/aromatic N) is 1. The molecule has 1 rings (SSSR count). The minimum atomic E-state index is -0.130. The zero-order chi connectivity index (χ0) is 11.1. The summed E-state index contributed by atoms with van der Waals surface area (Å²) in [5, 5.41) is 3.96. The maximum atomic E-state index is 10.6. The fourth-order valence-corrected chi connectivity index (χ4v) is 1.20. The Morgan fingerprint density at radius 2 is 1.93 bits per heavy atom. The second kappa shape index (κ2) is 5.96. The Kier molecular flexibility index (Phi) is 4.54. The topological polar surface area (TPSA) is 41.5 Å². The van der Waals surface area contributed by atoms with Crippen molar-refractivity contribution in [3.63, 3.8) is 0 Å². The molecule has 0 saturated heterocycles. The third kappa shape index (κ3) is 4.96. The first-order valence-electron chi connectivity index (χ1n) is 5.02. The summed E-state index contributed by atoms with van der Waals surface area (Å²) in [6.07, 6.45) is 1.82. The maximum Gasteiger partial charge on any atom is 0.236 e. The van der Waals surface area contributed by atoms with Crippen LogP contribution in [0.15, 0.2) is 35.4 Å². The molecule has 3 nitrogen and oxygen atoms in total. The van der Waals surface area contributed by atoms with Crippen LogP contribution in [0.5, 0.6) is 0 Å². The van der Waals surface area contributed by atoms with Crippen molar-refractivity contribution in [2.75, 3.05) is 0 Å². The molecule has 80 valence electrons. The van der Waals surface area contributed by atoms with E-state index in [4.69, 9.17) is 0 Å². The Labute approximate surface area is 90.2 Å². The number of hydrazone groups is 1. The number of hydrogen-bond acceptors (Lipinski definition) is 2. The average molecular weight is 204 g/mol. The van der Waals surface area contributed by atoms with Crippen LogP contribution in [0.3, 0.4) is 0 Å². The molecule has 1 aromatic carbocycles. The first-order valence-corrected chi connectivity index (χ1v) is 5.02. The summed E-state index contributed by atoms with van der Waals surface area (Å²) in [6, 6.07) is 10.2. The minimum absolute atomic E-state index is 0.130. The van der Waals surface area contributed by atoms with Crippen LogP contribution in [0.1, 0.15) is 25.8 Å². The van der Waals surface area contributed by atoms with Crippen molar-refractivity contribution in [3.8, 4) is 0 Å². The Bertz CT molecular complexity index is 344. The lowest BCUT2D eigenvalue weighted by Crippen LogP contribution is -2.14. The summed E-state index contributed by atoms with van der Waals surface area (Å²) in [5.74, 6) is -0.130. The molecule has 0 fully saturated rings. The molecule has 1 N–H and O–H groups in total. The van der Waals surface area contributed by atoms with Crippen molar-refractivity contribution >= 4 is 11.6 Å². The van der Waals surface area contributed by atoms with Crippen molar-refractivity contribution in [3.05, 3.63) is 35.9 Å². The zero-order valence-corrected chi connectivity index (χ0v) is 9.16. The third-order valence-corrected chi connectivity index (χ3v) is 2.02. The molecule has 0 aliphatic carbocycles. The number of aryl methyl sites for hydroxylation is 1. The Morgan fingerprint density at radius 3 is 2.53 bits per heavy atom. The SMILES string of the molecule is CC(=O)N/N=C(/C)CCc1ccccc1. The number of carbonyl (C=O) groups is 1. The molecule has 0 radical (unpaired) electrons. The van der Waals surface area contributed by atoms with Gasteiger partial charge in [0.2, 0.25) is 5.91 Å². The third-order valence-electron chi connectivity index (χ3n) is 2.02. The van der Waals surface area contributed by atoms with Crippen LogP contribution in [0.4, 0.5) is 0 Å². The fraction of sp³-hybridized carbons (Fsp3) is 0.333. The minimum Gasteiger partial charge on any atom is -0.274 e. The number of amides is 1. The predicted molar refractivity (Wildman–Crippen MR) is 61.7 cm³/mol. The van der Waals surface area contributed by atoms with Gasteiger partial charge < -0.3 is 0 Å². The normalized spacial score (nSPS) is 11.2. The Balaban J connectivity index is 2.37. The van der Waals surface area contributed by atoms with Gasteiger partial charge in [0.05, 0.1) is 0 Å². The van der Waals surface area contributed by atoms with Gasteiger partial charge in [0, 0.05) is 12.6 Å². The monoisotopic (exact) mass is 204 g/mol. The van der Waals surface area contributed by atoms with Gasteiger partial charge in [0.25, 0.3) is 0 Å². The number of rotatable bonds is 4. The summed E-state index contributed by atoms with van der Waals surface area (Å²) >= 11 is 0. The summed E-state index contributed by atoms with van der Waals surface area (Å²) in [5.41, 5.74) is 4.66. The van der Waals surface area contributed by atoms with E-state index in [1.165, 1.54) is 12.5 Å². The van der Waals surface area contributed by atoms with Crippen LogP contribution in [-0.4, -0.2) is 11.6 Å². The molecule has 0 atom stereocenters. The fourth-order valence-electron chi connectivity index (χ4n) is 1.20. The first kappa shape index (κ1) is 11.4. The van der Waals surface area contributed by atoms with Crippen molar-refractivity contribution in [1.29, 1.82) is 0 Å². The second-order valence-electron chi connectivity index (χ2n) is 3.50. The Hall–Kier alpha value is -1.64. The van der Waals surface area contributed by atoms with E-state index in [1.54, 1.807) is 0 Å². The van der Waals surface area contributed by atoms with E-state index in [0.717, 1.165) is 18.6 Å². The molecule has 0 saturated carbocycles. The summed E-state index contributed by atoms with van der Waals surface area (Å²) in [6.45, 7) is 3.37. The van der Waals surface area contributed by atoms with Gasteiger partial charge in [-0.25, -0.2) is 5.43 Å². The highest BCUT2D eigenvalue weighted by Gasteiger charge is 1.95. The summed E-state index contributed by atoms with van der Waals surface area (Å²) in [7, 11) is 0. The second-order valence-corrected chi connectivity index (χ2v) is 3.50. The van der Waals surface area contributed by atoms with E-state index in [2.05, 4.69) is 22.7 Å². The van der Waals surface area contributed by atoms with E-state index in [9.17, 15) is 4.79 Å². The highest BCUT2D eigenvalue weighted by molar-refractivity contribution is 5.83. The lowest BCUT2D eigenvalue weighted by molar-refractivity contribution is -0.118. The van der Waals surface area contributed by atoms with Crippen molar-refractivity contribution in [2.24, 2.45) is 5.10 Å². The summed E-state index contributed by atoms with van der Waals surface area (Å²) < 4.78 is 0. The van der Waals surface area contributed by atoms with Gasteiger partial charge >= 0.3 is 0 Å². The predicted octanol–water partition coefficient (Wildman–Crippen LogP) is 2.13. The van der Waals surface area contributed by atoms with Crippen molar-refractivity contribution in [1.82, 2.24) is 5.43 Å². The van der Waals surface area contributed by atoms with Crippen molar-refractivity contribution in [2.45, 2.75) is 26.7 Å². The average Bonchev–Trinajstić information content (AvgIpc) is 2.25. The lowest BCUT2D eigenvalue weighted by atomic mass is 10.1. The maximum absolute atomic E-state index is 10.6. The highest BCUT2D eigenvalue weighted by atomic mass is 16.2. The van der Waals surface area contributed by atoms with Crippen molar-refractivity contribution < 1.29 is 4.79 Å². The van der Waals surface area contributed by atoms with Crippen LogP contribution in [0.25, 0.3) is 0 Å². The first-order chi connectivity index (χ1) is 7.18. The van der Waals surface area contributed by atoms with Gasteiger partial charge in [-0.1, -0.05) is 30.3 Å². The molecular weight excluding hydrogens is 188 g/mol. The molecule has 0 bridgehead atoms. The summed E-state index contributed by atoms with van der Waals surface area (Å²) in [4.78, 5) is 10.6. The van der Waals surface area contributed by atoms with Gasteiger partial charge in [-0.2, -0.15) is 5.10 Å². The molecule has 0 spiro atoms. The van der Waals surface area contributed by atoms with E-state index < -0.39 is 0 Å². The smallest absolute Gasteiger partial charge is 0.236 e. The van der Waals surface area contributed by atoms with Gasteiger partial charge in [-0.05, 0) is 25.3 Å².